The Morgan fingerprint density at radius 2 is 2.18 bits per heavy atom. The van der Waals surface area contributed by atoms with Gasteiger partial charge in [-0.3, -0.25) is 0 Å². The van der Waals surface area contributed by atoms with E-state index in [-0.39, 0.29) is 6.61 Å². The van der Waals surface area contributed by atoms with Gasteiger partial charge in [0.1, 0.15) is 0 Å². The summed E-state index contributed by atoms with van der Waals surface area (Å²) < 4.78 is 7.27. The van der Waals surface area contributed by atoms with Crippen LogP contribution in [0, 0.1) is 11.3 Å². The Balaban J connectivity index is 2.17. The molecule has 0 atom stereocenters. The number of hydrogen-bond donors (Lipinski definition) is 1. The molecule has 0 unspecified atom stereocenters. The summed E-state index contributed by atoms with van der Waals surface area (Å²) in [5.74, 6) is 0. The molecule has 0 aliphatic heterocycles. The van der Waals surface area contributed by atoms with E-state index in [1.165, 1.54) is 0 Å². The smallest absolute Gasteiger partial charge is 0.0998 e. The van der Waals surface area contributed by atoms with Crippen molar-refractivity contribution in [1.82, 2.24) is 4.57 Å². The van der Waals surface area contributed by atoms with Gasteiger partial charge in [0.15, 0.2) is 0 Å². The summed E-state index contributed by atoms with van der Waals surface area (Å²) in [6.45, 7) is 1.69. The number of aliphatic hydroxyl groups is 1. The van der Waals surface area contributed by atoms with E-state index >= 15 is 0 Å². The van der Waals surface area contributed by atoms with Crippen LogP contribution in [0.3, 0.4) is 0 Å². The van der Waals surface area contributed by atoms with Crippen LogP contribution in [0.15, 0.2) is 30.5 Å². The molecule has 0 spiro atoms. The minimum absolute atomic E-state index is 0.0466. The summed E-state index contributed by atoms with van der Waals surface area (Å²) in [5, 5.41) is 18.5. The Bertz CT molecular complexity index is 540. The lowest BCUT2D eigenvalue weighted by Crippen LogP contribution is -2.07. The normalized spacial score (nSPS) is 10.6. The first-order valence-electron chi connectivity index (χ1n) is 5.53. The van der Waals surface area contributed by atoms with Crippen molar-refractivity contribution in [3.8, 4) is 6.07 Å². The monoisotopic (exact) mass is 230 g/mol. The Hall–Kier alpha value is -1.83. The molecule has 2 rings (SSSR count). The minimum Gasteiger partial charge on any atom is -0.394 e. The molecule has 0 fully saturated rings. The number of fused-ring (bicyclic) bond motifs is 1. The summed E-state index contributed by atoms with van der Waals surface area (Å²) >= 11 is 0. The molecule has 17 heavy (non-hydrogen) atoms. The van der Waals surface area contributed by atoms with Crippen molar-refractivity contribution in [2.45, 2.75) is 6.54 Å². The molecule has 88 valence electrons. The van der Waals surface area contributed by atoms with Gasteiger partial charge < -0.3 is 14.4 Å². The van der Waals surface area contributed by atoms with Crippen molar-refractivity contribution in [3.05, 3.63) is 36.0 Å². The zero-order valence-electron chi connectivity index (χ0n) is 9.47. The van der Waals surface area contributed by atoms with Crippen LogP contribution in [0.4, 0.5) is 0 Å². The van der Waals surface area contributed by atoms with E-state index in [0.717, 1.165) is 17.4 Å². The first kappa shape index (κ1) is 11.6. The quantitative estimate of drug-likeness (QED) is 0.792. The molecule has 0 saturated heterocycles. The van der Waals surface area contributed by atoms with Gasteiger partial charge in [-0.25, -0.2) is 0 Å². The van der Waals surface area contributed by atoms with E-state index in [2.05, 4.69) is 6.07 Å². The molecular weight excluding hydrogens is 216 g/mol. The predicted molar refractivity (Wildman–Crippen MR) is 64.6 cm³/mol. The molecule has 1 aromatic carbocycles. The predicted octanol–water partition coefficient (Wildman–Crippen LogP) is 1.52. The van der Waals surface area contributed by atoms with Gasteiger partial charge in [-0.2, -0.15) is 5.26 Å². The third-order valence-electron chi connectivity index (χ3n) is 2.65. The number of aliphatic hydroxyl groups excluding tert-OH is 1. The molecular formula is C13H14N2O2. The Kier molecular flexibility index (Phi) is 3.76. The number of benzene rings is 1. The minimum atomic E-state index is 0.0466. The molecule has 1 heterocycles. The zero-order chi connectivity index (χ0) is 12.1. The number of rotatable bonds is 5. The van der Waals surface area contributed by atoms with Gasteiger partial charge in [-0.1, -0.05) is 6.07 Å². The van der Waals surface area contributed by atoms with Crippen LogP contribution in [0.1, 0.15) is 5.56 Å². The Labute approximate surface area is 99.7 Å². The molecule has 0 aliphatic carbocycles. The van der Waals surface area contributed by atoms with E-state index in [0.29, 0.717) is 18.8 Å². The van der Waals surface area contributed by atoms with E-state index in [9.17, 15) is 0 Å². The lowest BCUT2D eigenvalue weighted by molar-refractivity contribution is 0.0875. The van der Waals surface area contributed by atoms with Gasteiger partial charge in [-0.05, 0) is 18.2 Å². The van der Waals surface area contributed by atoms with Gasteiger partial charge >= 0.3 is 0 Å². The topological polar surface area (TPSA) is 58.2 Å². The maximum absolute atomic E-state index is 8.98. The van der Waals surface area contributed by atoms with Crippen molar-refractivity contribution < 1.29 is 9.84 Å². The number of nitrogens with zero attached hydrogens (tertiary/aromatic N) is 2. The molecule has 1 aromatic heterocycles. The highest BCUT2D eigenvalue weighted by atomic mass is 16.5. The summed E-state index contributed by atoms with van der Waals surface area (Å²) in [6, 6.07) is 9.81. The second kappa shape index (κ2) is 5.48. The molecule has 4 nitrogen and oxygen atoms in total. The highest BCUT2D eigenvalue weighted by molar-refractivity contribution is 5.85. The van der Waals surface area contributed by atoms with Crippen molar-refractivity contribution in [3.63, 3.8) is 0 Å². The highest BCUT2D eigenvalue weighted by Gasteiger charge is 2.04. The second-order valence-electron chi connectivity index (χ2n) is 3.70. The molecule has 0 amide bonds. The molecule has 0 radical (unpaired) electrons. The van der Waals surface area contributed by atoms with Crippen molar-refractivity contribution in [1.29, 1.82) is 5.26 Å². The average Bonchev–Trinajstić information content (AvgIpc) is 2.78. The summed E-state index contributed by atoms with van der Waals surface area (Å²) in [5.41, 5.74) is 1.73. The molecule has 2 aromatic rings. The van der Waals surface area contributed by atoms with Crippen LogP contribution in [0.2, 0.25) is 0 Å². The summed E-state index contributed by atoms with van der Waals surface area (Å²) in [6.07, 6.45) is 1.95. The maximum Gasteiger partial charge on any atom is 0.0998 e. The Morgan fingerprint density at radius 3 is 2.94 bits per heavy atom. The first-order chi connectivity index (χ1) is 8.36. The maximum atomic E-state index is 8.98. The fraction of sp³-hybridized carbons (Fsp3) is 0.308. The van der Waals surface area contributed by atoms with Crippen molar-refractivity contribution >= 4 is 10.9 Å². The largest absolute Gasteiger partial charge is 0.394 e. The van der Waals surface area contributed by atoms with Gasteiger partial charge in [0.25, 0.3) is 0 Å². The summed E-state index contributed by atoms with van der Waals surface area (Å²) in [4.78, 5) is 0. The van der Waals surface area contributed by atoms with Crippen LogP contribution in [-0.2, 0) is 11.3 Å². The molecule has 1 N–H and O–H groups in total. The molecule has 0 saturated carbocycles. The van der Waals surface area contributed by atoms with Crippen molar-refractivity contribution in [2.24, 2.45) is 0 Å². The van der Waals surface area contributed by atoms with E-state index in [1.807, 2.05) is 35.0 Å². The average molecular weight is 230 g/mol. The van der Waals surface area contributed by atoms with Gasteiger partial charge in [-0.15, -0.1) is 0 Å². The standard InChI is InChI=1S/C13H14N2O2/c14-10-11-2-1-3-13-12(11)4-5-15(13)6-8-17-9-7-16/h1-5,16H,6-9H2. The zero-order valence-corrected chi connectivity index (χ0v) is 9.47. The molecule has 0 bridgehead atoms. The lowest BCUT2D eigenvalue weighted by Gasteiger charge is -2.06. The van der Waals surface area contributed by atoms with E-state index < -0.39 is 0 Å². The van der Waals surface area contributed by atoms with Gasteiger partial charge in [0.05, 0.1) is 31.5 Å². The SMILES string of the molecule is N#Cc1cccc2c1ccn2CCOCCO. The van der Waals surface area contributed by atoms with E-state index in [1.54, 1.807) is 0 Å². The third kappa shape index (κ3) is 2.47. The van der Waals surface area contributed by atoms with Crippen LogP contribution < -0.4 is 0 Å². The molecule has 0 aliphatic rings. The highest BCUT2D eigenvalue weighted by Crippen LogP contribution is 2.19. The van der Waals surface area contributed by atoms with Crippen LogP contribution in [0.25, 0.3) is 10.9 Å². The second-order valence-corrected chi connectivity index (χ2v) is 3.70. The van der Waals surface area contributed by atoms with E-state index in [4.69, 9.17) is 15.1 Å². The first-order valence-corrected chi connectivity index (χ1v) is 5.53. The number of nitriles is 1. The fourth-order valence-corrected chi connectivity index (χ4v) is 1.85. The fourth-order valence-electron chi connectivity index (χ4n) is 1.85. The van der Waals surface area contributed by atoms with Crippen molar-refractivity contribution in [2.75, 3.05) is 19.8 Å². The Morgan fingerprint density at radius 1 is 1.29 bits per heavy atom. The lowest BCUT2D eigenvalue weighted by atomic mass is 10.1. The number of hydrogen-bond acceptors (Lipinski definition) is 3. The van der Waals surface area contributed by atoms with Crippen LogP contribution >= 0.6 is 0 Å². The third-order valence-corrected chi connectivity index (χ3v) is 2.65. The summed E-state index contributed by atoms with van der Waals surface area (Å²) in [7, 11) is 0. The molecule has 4 heteroatoms. The van der Waals surface area contributed by atoms with Gasteiger partial charge in [0, 0.05) is 23.6 Å². The van der Waals surface area contributed by atoms with Crippen LogP contribution in [0.5, 0.6) is 0 Å². The number of ether oxygens (including phenoxy) is 1. The van der Waals surface area contributed by atoms with Crippen LogP contribution in [-0.4, -0.2) is 29.5 Å². The number of aromatic nitrogens is 1. The van der Waals surface area contributed by atoms with Gasteiger partial charge in [0.2, 0.25) is 0 Å².